The number of hydrogen-bond acceptors (Lipinski definition) is 7. The molecule has 2 aromatic heterocycles. The van der Waals surface area contributed by atoms with Crippen molar-refractivity contribution < 1.29 is 14.4 Å². The Morgan fingerprint density at radius 3 is 2.56 bits per heavy atom. The molecule has 0 aliphatic carbocycles. The van der Waals surface area contributed by atoms with Crippen LogP contribution in [0.25, 0.3) is 11.3 Å². The molecule has 0 spiro atoms. The predicted octanol–water partition coefficient (Wildman–Crippen LogP) is 3.36. The van der Waals surface area contributed by atoms with E-state index < -0.39 is 17.6 Å². The number of amides is 1. The van der Waals surface area contributed by atoms with Gasteiger partial charge in [-0.2, -0.15) is 0 Å². The van der Waals surface area contributed by atoms with Crippen LogP contribution in [0.1, 0.15) is 57.1 Å². The second-order valence-electron chi connectivity index (χ2n) is 11.4. The summed E-state index contributed by atoms with van der Waals surface area (Å²) in [5, 5.41) is 18.2. The largest absolute Gasteiger partial charge is 0.391 e. The van der Waals surface area contributed by atoms with Crippen LogP contribution < -0.4 is 10.9 Å². The number of hydrogen-bond donors (Lipinski definition) is 2. The number of aliphatic hydroxyl groups is 1. The van der Waals surface area contributed by atoms with E-state index in [2.05, 4.69) is 36.5 Å². The molecule has 1 fully saturated rings. The van der Waals surface area contributed by atoms with Crippen LogP contribution in [0.2, 0.25) is 0 Å². The topological polar surface area (TPSA) is 113 Å². The lowest BCUT2D eigenvalue weighted by Crippen LogP contribution is -2.51. The van der Waals surface area contributed by atoms with Gasteiger partial charge in [0.15, 0.2) is 0 Å². The summed E-state index contributed by atoms with van der Waals surface area (Å²) in [4.78, 5) is 32.7. The van der Waals surface area contributed by atoms with Crippen LogP contribution in [0, 0.1) is 12.8 Å². The Hall–Kier alpha value is -3.72. The van der Waals surface area contributed by atoms with Crippen molar-refractivity contribution in [3.8, 4) is 11.3 Å². The SMILES string of the molecule is Cc1cc(C(C(=O)N2C[C@H](O)C[C@@H]2C2=NC(C)[C@@](C)(c3ccc(-c4cccc(=O)n4C)cc3)N2)C(C)C)on1. The molecule has 3 aromatic rings. The van der Waals surface area contributed by atoms with Gasteiger partial charge in [0.2, 0.25) is 5.91 Å². The van der Waals surface area contributed by atoms with E-state index >= 15 is 0 Å². The second-order valence-corrected chi connectivity index (χ2v) is 11.4. The Labute approximate surface area is 228 Å². The predicted molar refractivity (Wildman–Crippen MR) is 149 cm³/mol. The standard InChI is InChI=1S/C30H37N5O4/c1-17(2)27(25-14-18(3)33-39-25)29(38)35-16-22(36)15-24(35)28-31-19(4)30(5,32-28)21-12-10-20(11-13-21)23-8-7-9-26(37)34(23)6/h7-14,17,19,22,24,27,36H,15-16H2,1-6H3,(H,31,32)/t19?,22-,24-,27?,30+/m1/s1. The number of aliphatic imine (C=N–C) groups is 1. The number of nitrogens with zero attached hydrogens (tertiary/aromatic N) is 4. The number of benzene rings is 1. The Bertz CT molecular complexity index is 1460. The number of carbonyl (C=O) groups excluding carboxylic acids is 1. The van der Waals surface area contributed by atoms with Gasteiger partial charge in [0, 0.05) is 32.1 Å². The van der Waals surface area contributed by atoms with Gasteiger partial charge < -0.3 is 24.4 Å². The smallest absolute Gasteiger partial charge is 0.250 e. The van der Waals surface area contributed by atoms with Crippen LogP contribution in [0.15, 0.2) is 62.8 Å². The molecule has 2 aliphatic heterocycles. The summed E-state index contributed by atoms with van der Waals surface area (Å²) < 4.78 is 7.13. The van der Waals surface area contributed by atoms with Crippen molar-refractivity contribution in [1.29, 1.82) is 0 Å². The summed E-state index contributed by atoms with van der Waals surface area (Å²) in [6, 6.07) is 14.7. The van der Waals surface area contributed by atoms with Crippen LogP contribution in [-0.2, 0) is 17.4 Å². The molecule has 206 valence electrons. The second kappa shape index (κ2) is 10.1. The molecular weight excluding hydrogens is 494 g/mol. The Balaban J connectivity index is 1.39. The number of β-amino-alcohol motifs (C(OH)–C–C–N with tert-alkyl or cyclic N) is 1. The third-order valence-corrected chi connectivity index (χ3v) is 8.28. The van der Waals surface area contributed by atoms with Crippen LogP contribution in [0.3, 0.4) is 0 Å². The zero-order valence-electron chi connectivity index (χ0n) is 23.4. The number of pyridine rings is 1. The van der Waals surface area contributed by atoms with Crippen LogP contribution in [-0.4, -0.2) is 56.2 Å². The maximum Gasteiger partial charge on any atom is 0.250 e. The van der Waals surface area contributed by atoms with E-state index in [0.29, 0.717) is 18.0 Å². The molecule has 0 bridgehead atoms. The van der Waals surface area contributed by atoms with Crippen LogP contribution in [0.4, 0.5) is 0 Å². The van der Waals surface area contributed by atoms with Crippen molar-refractivity contribution in [2.75, 3.05) is 6.54 Å². The number of aryl methyl sites for hydroxylation is 1. The maximum absolute atomic E-state index is 13.9. The monoisotopic (exact) mass is 531 g/mol. The summed E-state index contributed by atoms with van der Waals surface area (Å²) in [5.41, 5.74) is 3.02. The van der Waals surface area contributed by atoms with Crippen molar-refractivity contribution >= 4 is 11.7 Å². The average molecular weight is 532 g/mol. The zero-order valence-corrected chi connectivity index (χ0v) is 23.4. The van der Waals surface area contributed by atoms with Crippen LogP contribution in [0.5, 0.6) is 0 Å². The van der Waals surface area contributed by atoms with E-state index in [4.69, 9.17) is 9.52 Å². The lowest BCUT2D eigenvalue weighted by molar-refractivity contribution is -0.134. The molecule has 9 nitrogen and oxygen atoms in total. The molecule has 0 saturated carbocycles. The number of nitrogens with one attached hydrogen (secondary N) is 1. The van der Waals surface area contributed by atoms with Gasteiger partial charge in [0.05, 0.1) is 35.1 Å². The quantitative estimate of drug-likeness (QED) is 0.504. The molecule has 5 rings (SSSR count). The Morgan fingerprint density at radius 1 is 1.21 bits per heavy atom. The lowest BCUT2D eigenvalue weighted by atomic mass is 9.86. The third kappa shape index (κ3) is 4.80. The third-order valence-electron chi connectivity index (χ3n) is 8.28. The molecule has 2 unspecified atom stereocenters. The Morgan fingerprint density at radius 2 is 1.92 bits per heavy atom. The number of rotatable bonds is 6. The van der Waals surface area contributed by atoms with Crippen molar-refractivity contribution in [2.24, 2.45) is 18.0 Å². The molecule has 4 heterocycles. The van der Waals surface area contributed by atoms with Gasteiger partial charge in [-0.15, -0.1) is 0 Å². The van der Waals surface area contributed by atoms with E-state index in [1.165, 1.54) is 0 Å². The van der Waals surface area contributed by atoms with E-state index in [9.17, 15) is 14.7 Å². The van der Waals surface area contributed by atoms with Gasteiger partial charge in [0.25, 0.3) is 5.56 Å². The van der Waals surface area contributed by atoms with Gasteiger partial charge in [0.1, 0.15) is 17.5 Å². The molecule has 2 aliphatic rings. The van der Waals surface area contributed by atoms with E-state index in [-0.39, 0.29) is 36.0 Å². The molecule has 5 atom stereocenters. The molecule has 1 aromatic carbocycles. The van der Waals surface area contributed by atoms with E-state index in [1.807, 2.05) is 45.0 Å². The van der Waals surface area contributed by atoms with E-state index in [0.717, 1.165) is 22.5 Å². The van der Waals surface area contributed by atoms with Gasteiger partial charge in [-0.25, -0.2) is 0 Å². The summed E-state index contributed by atoms with van der Waals surface area (Å²) in [6.45, 7) is 10.2. The van der Waals surface area contributed by atoms with Gasteiger partial charge in [-0.05, 0) is 43.9 Å². The average Bonchev–Trinajstić information content (AvgIpc) is 3.58. The van der Waals surface area contributed by atoms with Crippen molar-refractivity contribution in [1.82, 2.24) is 19.9 Å². The zero-order chi connectivity index (χ0) is 28.1. The first-order valence-electron chi connectivity index (χ1n) is 13.5. The number of likely N-dealkylation sites (tertiary alicyclic amines) is 1. The highest BCUT2D eigenvalue weighted by Gasteiger charge is 2.47. The molecule has 9 heteroatoms. The summed E-state index contributed by atoms with van der Waals surface area (Å²) in [7, 11) is 1.77. The highest BCUT2D eigenvalue weighted by molar-refractivity contribution is 5.95. The van der Waals surface area contributed by atoms with Crippen LogP contribution >= 0.6 is 0 Å². The van der Waals surface area contributed by atoms with Crippen molar-refractivity contribution in [3.05, 3.63) is 75.9 Å². The fourth-order valence-corrected chi connectivity index (χ4v) is 5.82. The number of carbonyl (C=O) groups is 1. The molecule has 1 amide bonds. The molecule has 1 saturated heterocycles. The summed E-state index contributed by atoms with van der Waals surface area (Å²) in [5.74, 6) is 0.662. The first-order valence-corrected chi connectivity index (χ1v) is 13.5. The molecule has 0 radical (unpaired) electrons. The summed E-state index contributed by atoms with van der Waals surface area (Å²) in [6.07, 6.45) is -0.214. The van der Waals surface area contributed by atoms with Gasteiger partial charge in [-0.3, -0.25) is 14.6 Å². The van der Waals surface area contributed by atoms with Gasteiger partial charge >= 0.3 is 0 Å². The number of aliphatic hydroxyl groups excluding tert-OH is 1. The molecule has 2 N–H and O–H groups in total. The minimum atomic E-state index is -0.633. The fourth-order valence-electron chi connectivity index (χ4n) is 5.82. The minimum Gasteiger partial charge on any atom is -0.391 e. The highest BCUT2D eigenvalue weighted by Crippen LogP contribution is 2.36. The number of aromatic nitrogens is 2. The highest BCUT2D eigenvalue weighted by atomic mass is 16.5. The normalized spacial score (nSPS) is 25.6. The van der Waals surface area contributed by atoms with Gasteiger partial charge in [-0.1, -0.05) is 49.3 Å². The molecule has 39 heavy (non-hydrogen) atoms. The first-order chi connectivity index (χ1) is 18.5. The molecular formula is C30H37N5O4. The maximum atomic E-state index is 13.9. The Kier molecular flexibility index (Phi) is 6.97. The van der Waals surface area contributed by atoms with Crippen molar-refractivity contribution in [3.63, 3.8) is 0 Å². The fraction of sp³-hybridized carbons (Fsp3) is 0.467. The summed E-state index contributed by atoms with van der Waals surface area (Å²) >= 11 is 0. The first kappa shape index (κ1) is 26.9. The lowest BCUT2D eigenvalue weighted by Gasteiger charge is -2.33. The van der Waals surface area contributed by atoms with Crippen molar-refractivity contribution in [2.45, 2.75) is 70.7 Å². The number of amidine groups is 1. The van der Waals surface area contributed by atoms with E-state index in [1.54, 1.807) is 28.6 Å². The minimum absolute atomic E-state index is 0.00599.